The van der Waals surface area contributed by atoms with Gasteiger partial charge in [0.25, 0.3) is 0 Å². The molecular formula is C26H32N4O3. The number of ether oxygens (including phenoxy) is 2. The molecule has 4 rings (SSSR count). The number of nitrogens with zero attached hydrogens (tertiary/aromatic N) is 4. The molecule has 3 heterocycles. The van der Waals surface area contributed by atoms with Gasteiger partial charge in [-0.15, -0.1) is 0 Å². The molecule has 1 aliphatic rings. The van der Waals surface area contributed by atoms with Crippen molar-refractivity contribution >= 4 is 5.91 Å². The molecule has 0 saturated carbocycles. The Labute approximate surface area is 195 Å². The molecule has 7 nitrogen and oxygen atoms in total. The predicted octanol–water partition coefficient (Wildman–Crippen LogP) is 4.07. The third kappa shape index (κ3) is 6.65. The van der Waals surface area contributed by atoms with E-state index in [0.717, 1.165) is 47.7 Å². The van der Waals surface area contributed by atoms with Gasteiger partial charge in [-0.25, -0.2) is 0 Å². The molecule has 7 heteroatoms. The molecule has 1 fully saturated rings. The van der Waals surface area contributed by atoms with Crippen molar-refractivity contribution in [2.24, 2.45) is 0 Å². The highest BCUT2D eigenvalue weighted by Gasteiger charge is 2.17. The van der Waals surface area contributed by atoms with Crippen LogP contribution in [0.4, 0.5) is 0 Å². The molecule has 0 unspecified atom stereocenters. The molecule has 1 aliphatic heterocycles. The van der Waals surface area contributed by atoms with Crippen LogP contribution in [-0.2, 0) is 29.2 Å². The average molecular weight is 449 g/mol. The smallest absolute Gasteiger partial charge is 0.225 e. The fourth-order valence-corrected chi connectivity index (χ4v) is 4.08. The summed E-state index contributed by atoms with van der Waals surface area (Å²) in [5, 5.41) is 4.48. The highest BCUT2D eigenvalue weighted by molar-refractivity contribution is 5.76. The molecular weight excluding hydrogens is 416 g/mol. The topological polar surface area (TPSA) is 69.5 Å². The zero-order valence-corrected chi connectivity index (χ0v) is 19.4. The lowest BCUT2D eigenvalue weighted by Crippen LogP contribution is -2.31. The average Bonchev–Trinajstić information content (AvgIpc) is 3.46. The number of carbonyl (C=O) groups excluding carboxylic acids is 1. The molecule has 0 N–H and O–H groups in total. The third-order valence-electron chi connectivity index (χ3n) is 5.85. The van der Waals surface area contributed by atoms with Gasteiger partial charge < -0.3 is 14.4 Å². The lowest BCUT2D eigenvalue weighted by molar-refractivity contribution is -0.132. The fraction of sp³-hybridized carbons (Fsp3) is 0.423. The minimum absolute atomic E-state index is 0.0881. The summed E-state index contributed by atoms with van der Waals surface area (Å²) in [6, 6.07) is 13.9. The molecule has 1 aromatic carbocycles. The van der Waals surface area contributed by atoms with Crippen LogP contribution in [0.3, 0.4) is 0 Å². The Morgan fingerprint density at radius 2 is 2.00 bits per heavy atom. The molecule has 1 saturated heterocycles. The van der Waals surface area contributed by atoms with Crippen LogP contribution in [0, 0.1) is 13.8 Å². The maximum absolute atomic E-state index is 13.2. The highest BCUT2D eigenvalue weighted by Crippen LogP contribution is 2.18. The van der Waals surface area contributed by atoms with Gasteiger partial charge in [0, 0.05) is 50.7 Å². The van der Waals surface area contributed by atoms with Gasteiger partial charge in [0.15, 0.2) is 0 Å². The second-order valence-electron chi connectivity index (χ2n) is 8.60. The van der Waals surface area contributed by atoms with Crippen LogP contribution in [0.1, 0.15) is 41.8 Å². The van der Waals surface area contributed by atoms with E-state index in [1.165, 1.54) is 0 Å². The van der Waals surface area contributed by atoms with E-state index in [0.29, 0.717) is 32.7 Å². The van der Waals surface area contributed by atoms with Crippen molar-refractivity contribution in [1.29, 1.82) is 0 Å². The lowest BCUT2D eigenvalue weighted by atomic mass is 10.1. The first-order valence-electron chi connectivity index (χ1n) is 11.6. The number of benzene rings is 1. The van der Waals surface area contributed by atoms with Gasteiger partial charge in [-0.3, -0.25) is 14.5 Å². The van der Waals surface area contributed by atoms with Gasteiger partial charge in [0.05, 0.1) is 11.8 Å². The summed E-state index contributed by atoms with van der Waals surface area (Å²) in [5.74, 6) is 0.911. The maximum atomic E-state index is 13.2. The fourth-order valence-electron chi connectivity index (χ4n) is 4.08. The molecule has 1 atom stereocenters. The van der Waals surface area contributed by atoms with Crippen LogP contribution in [0.2, 0.25) is 0 Å². The summed E-state index contributed by atoms with van der Waals surface area (Å²) in [7, 11) is 0. The number of hydrogen-bond donors (Lipinski definition) is 0. The summed E-state index contributed by atoms with van der Waals surface area (Å²) in [6.07, 6.45) is 6.30. The zero-order valence-electron chi connectivity index (χ0n) is 19.4. The van der Waals surface area contributed by atoms with Crippen molar-refractivity contribution in [3.8, 4) is 5.75 Å². The van der Waals surface area contributed by atoms with Crippen LogP contribution in [-0.4, -0.2) is 44.9 Å². The number of rotatable bonds is 10. The summed E-state index contributed by atoms with van der Waals surface area (Å²) in [4.78, 5) is 19.3. The SMILES string of the molecule is Cc1cc(C)n(CCC(=O)N(Cc2ccc(OC[C@@H]3CCCO3)cc2)Cc2cccnc2)n1. The first-order chi connectivity index (χ1) is 16.1. The summed E-state index contributed by atoms with van der Waals surface area (Å²) >= 11 is 0. The van der Waals surface area contributed by atoms with E-state index in [9.17, 15) is 4.79 Å². The third-order valence-corrected chi connectivity index (χ3v) is 5.85. The number of amides is 1. The molecule has 174 valence electrons. The summed E-state index contributed by atoms with van der Waals surface area (Å²) < 4.78 is 13.4. The largest absolute Gasteiger partial charge is 0.491 e. The van der Waals surface area contributed by atoms with Gasteiger partial charge in [-0.05, 0) is 62.1 Å². The lowest BCUT2D eigenvalue weighted by Gasteiger charge is -2.23. The Hall–Kier alpha value is -3.19. The van der Waals surface area contributed by atoms with E-state index in [-0.39, 0.29) is 12.0 Å². The molecule has 1 amide bonds. The summed E-state index contributed by atoms with van der Waals surface area (Å²) in [5.41, 5.74) is 4.10. The monoisotopic (exact) mass is 448 g/mol. The van der Waals surface area contributed by atoms with Gasteiger partial charge in [-0.2, -0.15) is 5.10 Å². The number of aromatic nitrogens is 3. The molecule has 0 aliphatic carbocycles. The van der Waals surface area contributed by atoms with Crippen molar-refractivity contribution < 1.29 is 14.3 Å². The van der Waals surface area contributed by atoms with E-state index < -0.39 is 0 Å². The Morgan fingerprint density at radius 1 is 1.18 bits per heavy atom. The Morgan fingerprint density at radius 3 is 2.67 bits per heavy atom. The van der Waals surface area contributed by atoms with Crippen molar-refractivity contribution in [2.45, 2.75) is 58.8 Å². The molecule has 3 aromatic rings. The number of pyridine rings is 1. The van der Waals surface area contributed by atoms with Crippen LogP contribution < -0.4 is 4.74 Å². The van der Waals surface area contributed by atoms with Crippen LogP contribution in [0.5, 0.6) is 5.75 Å². The number of carbonyl (C=O) groups is 1. The van der Waals surface area contributed by atoms with E-state index >= 15 is 0 Å². The maximum Gasteiger partial charge on any atom is 0.225 e. The second kappa shape index (κ2) is 11.1. The van der Waals surface area contributed by atoms with Crippen LogP contribution >= 0.6 is 0 Å². The Balaban J connectivity index is 1.39. The quantitative estimate of drug-likeness (QED) is 0.468. The normalized spacial score (nSPS) is 15.5. The zero-order chi connectivity index (χ0) is 23.0. The molecule has 2 aromatic heterocycles. The van der Waals surface area contributed by atoms with Gasteiger partial charge >= 0.3 is 0 Å². The minimum atomic E-state index is 0.0881. The van der Waals surface area contributed by atoms with Crippen molar-refractivity contribution in [3.63, 3.8) is 0 Å². The molecule has 0 spiro atoms. The van der Waals surface area contributed by atoms with Crippen LogP contribution in [0.25, 0.3) is 0 Å². The van der Waals surface area contributed by atoms with Crippen molar-refractivity contribution in [2.75, 3.05) is 13.2 Å². The first kappa shape index (κ1) is 23.0. The van der Waals surface area contributed by atoms with Crippen molar-refractivity contribution in [3.05, 3.63) is 77.4 Å². The molecule has 0 bridgehead atoms. The van der Waals surface area contributed by atoms with E-state index in [1.807, 2.05) is 72.1 Å². The Bertz CT molecular complexity index is 1030. The van der Waals surface area contributed by atoms with Gasteiger partial charge in [0.2, 0.25) is 5.91 Å². The summed E-state index contributed by atoms with van der Waals surface area (Å²) in [6.45, 7) is 7.00. The van der Waals surface area contributed by atoms with E-state index in [4.69, 9.17) is 9.47 Å². The number of aryl methyl sites for hydroxylation is 3. The van der Waals surface area contributed by atoms with E-state index in [2.05, 4.69) is 10.1 Å². The van der Waals surface area contributed by atoms with E-state index in [1.54, 1.807) is 6.20 Å². The predicted molar refractivity (Wildman–Crippen MR) is 126 cm³/mol. The first-order valence-corrected chi connectivity index (χ1v) is 11.6. The molecule has 33 heavy (non-hydrogen) atoms. The van der Waals surface area contributed by atoms with Gasteiger partial charge in [0.1, 0.15) is 12.4 Å². The standard InChI is InChI=1S/C26H32N4O3/c1-20-15-21(2)30(28-20)13-11-26(31)29(18-23-5-3-12-27-16-23)17-22-7-9-24(10-8-22)33-19-25-6-4-14-32-25/h3,5,7-10,12,15-16,25H,4,6,11,13-14,17-19H2,1-2H3/t25-/m0/s1. The van der Waals surface area contributed by atoms with Gasteiger partial charge in [-0.1, -0.05) is 18.2 Å². The van der Waals surface area contributed by atoms with Crippen molar-refractivity contribution in [1.82, 2.24) is 19.7 Å². The molecule has 0 radical (unpaired) electrons. The van der Waals surface area contributed by atoms with Crippen LogP contribution in [0.15, 0.2) is 54.9 Å². The number of hydrogen-bond acceptors (Lipinski definition) is 5. The minimum Gasteiger partial charge on any atom is -0.491 e. The second-order valence-corrected chi connectivity index (χ2v) is 8.60. The Kier molecular flexibility index (Phi) is 7.73. The highest BCUT2D eigenvalue weighted by atomic mass is 16.5.